The number of likely N-dealkylation sites (N-methyl/N-ethyl adjacent to an activating group) is 1. The van der Waals surface area contributed by atoms with E-state index in [1.165, 1.54) is 19.2 Å². The lowest BCUT2D eigenvalue weighted by Gasteiger charge is -2.32. The van der Waals surface area contributed by atoms with Crippen LogP contribution in [0.25, 0.3) is 0 Å². The molecule has 0 saturated heterocycles. The molecule has 0 aromatic heterocycles. The van der Waals surface area contributed by atoms with E-state index in [0.29, 0.717) is 12.0 Å². The number of nitrogens with two attached hydrogens (primary N) is 1. The molecule has 0 aliphatic heterocycles. The van der Waals surface area contributed by atoms with Gasteiger partial charge >= 0.3 is 5.97 Å². The third kappa shape index (κ3) is 12.4. The molecule has 1 rings (SSSR count). The number of hydrogen-bond acceptors (Lipinski definition) is 8. The molecule has 41 heavy (non-hydrogen) atoms. The normalized spacial score (nSPS) is 14.9. The number of carbonyl (C=O) groups excluding carboxylic acids is 3. The van der Waals surface area contributed by atoms with Gasteiger partial charge in [0.1, 0.15) is 30.0 Å². The topological polar surface area (TPSA) is 203 Å². The molecule has 5 atom stereocenters. The maximum Gasteiger partial charge on any atom is 0.326 e. The summed E-state index contributed by atoms with van der Waals surface area (Å²) < 4.78 is 0. The molecule has 3 amide bonds. The highest BCUT2D eigenvalue weighted by atomic mass is 16.4. The Morgan fingerprint density at radius 1 is 0.951 bits per heavy atom. The lowest BCUT2D eigenvalue weighted by atomic mass is 9.99. The van der Waals surface area contributed by atoms with Crippen molar-refractivity contribution in [3.8, 4) is 5.75 Å². The molecular weight excluding hydrogens is 532 g/mol. The summed E-state index contributed by atoms with van der Waals surface area (Å²) in [6.07, 6.45) is 3.84. The minimum atomic E-state index is -1.58. The summed E-state index contributed by atoms with van der Waals surface area (Å²) in [5.74, 6) is -3.73. The van der Waals surface area contributed by atoms with E-state index in [0.717, 1.165) is 37.0 Å². The van der Waals surface area contributed by atoms with Gasteiger partial charge in [0.05, 0.1) is 6.61 Å². The number of benzene rings is 1. The Morgan fingerprint density at radius 3 is 2.07 bits per heavy atom. The number of rotatable bonds is 19. The molecule has 12 nitrogen and oxygen atoms in total. The standard InChI is InChI=1S/C29H48N4O8/c1-5-6-7-8-9-10-21(30)25(36)27(38)32-23(17-34)28(39)33(4)24(15-18(2)3)26(37)31-22(29(40)41)16-19-11-13-20(35)14-12-19/h11-14,18,21-25,34-36H,5-10,15-17,30H2,1-4H3,(H,31,37)(H,32,38)(H,40,41)/t21-,22-,23-,24+,25+/m0/s1. The zero-order valence-corrected chi connectivity index (χ0v) is 24.6. The van der Waals surface area contributed by atoms with Crippen molar-refractivity contribution in [2.24, 2.45) is 11.7 Å². The second-order valence-electron chi connectivity index (χ2n) is 10.9. The van der Waals surface area contributed by atoms with Gasteiger partial charge < -0.3 is 41.7 Å². The van der Waals surface area contributed by atoms with Crippen LogP contribution in [0.15, 0.2) is 24.3 Å². The Morgan fingerprint density at radius 2 is 1.54 bits per heavy atom. The SMILES string of the molecule is CCCCCCC[C@H](N)[C@@H](O)C(=O)N[C@@H](CO)C(=O)N(C)[C@H](CC(C)C)C(=O)N[C@@H](Cc1ccc(O)cc1)C(=O)O. The van der Waals surface area contributed by atoms with Crippen molar-refractivity contribution in [1.29, 1.82) is 0 Å². The number of aliphatic hydroxyl groups excluding tert-OH is 2. The smallest absolute Gasteiger partial charge is 0.326 e. The zero-order chi connectivity index (χ0) is 31.1. The molecule has 1 aromatic rings. The van der Waals surface area contributed by atoms with Crippen LogP contribution in [0.3, 0.4) is 0 Å². The summed E-state index contributed by atoms with van der Waals surface area (Å²) in [4.78, 5) is 52.1. The Hall–Kier alpha value is -3.22. The fourth-order valence-electron chi connectivity index (χ4n) is 4.40. The zero-order valence-electron chi connectivity index (χ0n) is 24.6. The molecular formula is C29H48N4O8. The van der Waals surface area contributed by atoms with Crippen LogP contribution < -0.4 is 16.4 Å². The molecule has 0 bridgehead atoms. The summed E-state index contributed by atoms with van der Waals surface area (Å²) >= 11 is 0. The van der Waals surface area contributed by atoms with E-state index in [9.17, 15) is 39.6 Å². The number of carboxylic acid groups (broad SMARTS) is 1. The number of phenolic OH excluding ortho intramolecular Hbond substituents is 1. The number of phenols is 1. The molecule has 0 aliphatic rings. The minimum Gasteiger partial charge on any atom is -0.508 e. The number of aliphatic carboxylic acids is 1. The Balaban J connectivity index is 2.92. The van der Waals surface area contributed by atoms with Crippen molar-refractivity contribution in [3.63, 3.8) is 0 Å². The van der Waals surface area contributed by atoms with Crippen molar-refractivity contribution in [3.05, 3.63) is 29.8 Å². The summed E-state index contributed by atoms with van der Waals surface area (Å²) in [6.45, 7) is 4.96. The number of unbranched alkanes of at least 4 members (excludes halogenated alkanes) is 4. The molecule has 0 aliphatic carbocycles. The third-order valence-electron chi connectivity index (χ3n) is 6.92. The molecule has 232 valence electrons. The van der Waals surface area contributed by atoms with Crippen molar-refractivity contribution >= 4 is 23.7 Å². The van der Waals surface area contributed by atoms with Crippen molar-refractivity contribution in [1.82, 2.24) is 15.5 Å². The van der Waals surface area contributed by atoms with E-state index in [1.54, 1.807) is 12.1 Å². The van der Waals surface area contributed by atoms with Gasteiger partial charge in [-0.25, -0.2) is 4.79 Å². The molecule has 0 fully saturated rings. The van der Waals surface area contributed by atoms with Crippen molar-refractivity contribution in [2.75, 3.05) is 13.7 Å². The first kappa shape index (κ1) is 35.8. The number of carboxylic acids is 1. The Bertz CT molecular complexity index is 972. The highest BCUT2D eigenvalue weighted by molar-refractivity contribution is 5.94. The Labute approximate surface area is 242 Å². The average molecular weight is 581 g/mol. The average Bonchev–Trinajstić information content (AvgIpc) is 2.93. The summed E-state index contributed by atoms with van der Waals surface area (Å²) in [7, 11) is 1.33. The molecule has 0 spiro atoms. The minimum absolute atomic E-state index is 0.0178. The lowest BCUT2D eigenvalue weighted by Crippen LogP contribution is -2.59. The molecule has 0 saturated carbocycles. The van der Waals surface area contributed by atoms with Crippen LogP contribution in [-0.4, -0.2) is 92.9 Å². The van der Waals surface area contributed by atoms with Gasteiger partial charge in [0.2, 0.25) is 11.8 Å². The van der Waals surface area contributed by atoms with E-state index >= 15 is 0 Å². The predicted octanol–water partition coefficient (Wildman–Crippen LogP) is 0.903. The molecule has 1 aromatic carbocycles. The van der Waals surface area contributed by atoms with E-state index in [1.807, 2.05) is 13.8 Å². The van der Waals surface area contributed by atoms with E-state index in [2.05, 4.69) is 17.6 Å². The van der Waals surface area contributed by atoms with Crippen LogP contribution >= 0.6 is 0 Å². The molecule has 8 N–H and O–H groups in total. The van der Waals surface area contributed by atoms with Crippen LogP contribution in [0.5, 0.6) is 5.75 Å². The van der Waals surface area contributed by atoms with Gasteiger partial charge in [-0.15, -0.1) is 0 Å². The number of nitrogens with zero attached hydrogens (tertiary/aromatic N) is 1. The van der Waals surface area contributed by atoms with Crippen LogP contribution in [0, 0.1) is 5.92 Å². The van der Waals surface area contributed by atoms with Crippen LogP contribution in [-0.2, 0) is 25.6 Å². The predicted molar refractivity (Wildman–Crippen MR) is 154 cm³/mol. The first-order valence-electron chi connectivity index (χ1n) is 14.2. The number of nitrogens with one attached hydrogen (secondary N) is 2. The van der Waals surface area contributed by atoms with Gasteiger partial charge in [-0.3, -0.25) is 14.4 Å². The third-order valence-corrected chi connectivity index (χ3v) is 6.92. The number of carbonyl (C=O) groups is 4. The first-order chi connectivity index (χ1) is 19.3. The molecule has 0 unspecified atom stereocenters. The van der Waals surface area contributed by atoms with Crippen LogP contribution in [0.4, 0.5) is 0 Å². The van der Waals surface area contributed by atoms with Gasteiger partial charge in [-0.2, -0.15) is 0 Å². The quantitative estimate of drug-likeness (QED) is 0.116. The highest BCUT2D eigenvalue weighted by Gasteiger charge is 2.35. The molecule has 12 heteroatoms. The number of hydrogen-bond donors (Lipinski definition) is 7. The fraction of sp³-hybridized carbons (Fsp3) is 0.655. The van der Waals surface area contributed by atoms with Crippen molar-refractivity contribution in [2.45, 2.75) is 102 Å². The van der Waals surface area contributed by atoms with Crippen molar-refractivity contribution < 1.29 is 39.6 Å². The van der Waals surface area contributed by atoms with Gasteiger partial charge in [-0.05, 0) is 36.5 Å². The lowest BCUT2D eigenvalue weighted by molar-refractivity contribution is -0.146. The summed E-state index contributed by atoms with van der Waals surface area (Å²) in [5.41, 5.74) is 6.55. The highest BCUT2D eigenvalue weighted by Crippen LogP contribution is 2.15. The monoisotopic (exact) mass is 580 g/mol. The second kappa shape index (κ2) is 18.3. The fourth-order valence-corrected chi connectivity index (χ4v) is 4.40. The van der Waals surface area contributed by atoms with Gasteiger partial charge in [-0.1, -0.05) is 65.0 Å². The second-order valence-corrected chi connectivity index (χ2v) is 10.9. The van der Waals surface area contributed by atoms with Crippen LogP contribution in [0.1, 0.15) is 71.3 Å². The van der Waals surface area contributed by atoms with E-state index in [4.69, 9.17) is 5.73 Å². The Kier molecular flexibility index (Phi) is 15.9. The van der Waals surface area contributed by atoms with Gasteiger partial charge in [0, 0.05) is 19.5 Å². The molecule has 0 heterocycles. The summed E-state index contributed by atoms with van der Waals surface area (Å²) in [5, 5.41) is 44.2. The maximum atomic E-state index is 13.3. The van der Waals surface area contributed by atoms with Crippen LogP contribution in [0.2, 0.25) is 0 Å². The van der Waals surface area contributed by atoms with Gasteiger partial charge in [0.25, 0.3) is 5.91 Å². The van der Waals surface area contributed by atoms with Gasteiger partial charge in [0.15, 0.2) is 0 Å². The number of aromatic hydroxyl groups is 1. The first-order valence-corrected chi connectivity index (χ1v) is 14.2. The largest absolute Gasteiger partial charge is 0.508 e. The van der Waals surface area contributed by atoms with E-state index < -0.39 is 60.6 Å². The summed E-state index contributed by atoms with van der Waals surface area (Å²) in [6, 6.07) is 1.19. The number of aliphatic hydroxyl groups is 2. The number of amides is 3. The molecule has 0 radical (unpaired) electrons. The maximum absolute atomic E-state index is 13.3. The van der Waals surface area contributed by atoms with E-state index in [-0.39, 0.29) is 24.5 Å².